The first-order valence-electron chi connectivity index (χ1n) is 7.03. The molecule has 0 N–H and O–H groups in total. The van der Waals surface area contributed by atoms with Gasteiger partial charge >= 0.3 is 7.12 Å². The maximum Gasteiger partial charge on any atom is 0.486 e. The molecule has 0 amide bonds. The lowest BCUT2D eigenvalue weighted by Crippen LogP contribution is -2.54. The molecule has 1 aliphatic rings. The van der Waals surface area contributed by atoms with Crippen molar-refractivity contribution in [1.82, 2.24) is 0 Å². The van der Waals surface area contributed by atoms with Crippen LogP contribution in [0, 0.1) is 5.41 Å². The highest BCUT2D eigenvalue weighted by atomic mass is 16.7. The van der Waals surface area contributed by atoms with Crippen LogP contribution in [0.2, 0.25) is 0 Å². The lowest BCUT2D eigenvalue weighted by atomic mass is 9.72. The van der Waals surface area contributed by atoms with E-state index in [1.54, 1.807) is 0 Å². The highest BCUT2D eigenvalue weighted by Crippen LogP contribution is 2.38. The number of ether oxygens (including phenoxy) is 2. The van der Waals surface area contributed by atoms with Crippen LogP contribution in [0.25, 0.3) is 0 Å². The summed E-state index contributed by atoms with van der Waals surface area (Å²) < 4.78 is 22.6. The summed E-state index contributed by atoms with van der Waals surface area (Å²) in [6, 6.07) is 0. The van der Waals surface area contributed by atoms with Crippen molar-refractivity contribution >= 4 is 7.12 Å². The molecule has 0 aromatic carbocycles. The molecule has 0 aromatic rings. The summed E-state index contributed by atoms with van der Waals surface area (Å²) in [5, 5.41) is 0. The topological polar surface area (TPSA) is 36.9 Å². The molecule has 19 heavy (non-hydrogen) atoms. The summed E-state index contributed by atoms with van der Waals surface area (Å²) in [5.74, 6) is 1.87. The second kappa shape index (κ2) is 6.89. The highest BCUT2D eigenvalue weighted by molar-refractivity contribution is 6.51. The predicted molar refractivity (Wildman–Crippen MR) is 76.8 cm³/mol. The SMILES string of the molecule is CCOC(/C=C/B1OCC(C)(C)C(C)(C)O1)OCC. The minimum atomic E-state index is -0.341. The van der Waals surface area contributed by atoms with Crippen molar-refractivity contribution < 1.29 is 18.8 Å². The number of rotatable bonds is 6. The fourth-order valence-corrected chi connectivity index (χ4v) is 1.71. The van der Waals surface area contributed by atoms with E-state index < -0.39 is 0 Å². The van der Waals surface area contributed by atoms with Crippen LogP contribution in [-0.4, -0.2) is 38.8 Å². The van der Waals surface area contributed by atoms with Crippen molar-refractivity contribution in [1.29, 1.82) is 0 Å². The van der Waals surface area contributed by atoms with Gasteiger partial charge < -0.3 is 18.8 Å². The molecule has 4 nitrogen and oxygen atoms in total. The van der Waals surface area contributed by atoms with Crippen LogP contribution in [0.3, 0.4) is 0 Å². The third-order valence-corrected chi connectivity index (χ3v) is 3.74. The minimum Gasteiger partial charge on any atom is -0.407 e. The zero-order chi connectivity index (χ0) is 14.5. The smallest absolute Gasteiger partial charge is 0.407 e. The molecule has 1 heterocycles. The summed E-state index contributed by atoms with van der Waals surface area (Å²) in [6.45, 7) is 14.3. The quantitative estimate of drug-likeness (QED) is 0.549. The van der Waals surface area contributed by atoms with Crippen molar-refractivity contribution in [3.63, 3.8) is 0 Å². The Morgan fingerprint density at radius 1 is 1.16 bits per heavy atom. The molecule has 0 atom stereocenters. The van der Waals surface area contributed by atoms with E-state index in [1.165, 1.54) is 0 Å². The Kier molecular flexibility index (Phi) is 6.05. The van der Waals surface area contributed by atoms with Gasteiger partial charge in [0.15, 0.2) is 6.29 Å². The fraction of sp³-hybridized carbons (Fsp3) is 0.857. The molecule has 1 rings (SSSR count). The largest absolute Gasteiger partial charge is 0.486 e. The summed E-state index contributed by atoms with van der Waals surface area (Å²) in [4.78, 5) is 0. The standard InChI is InChI=1S/C14H27BO4/c1-7-16-12(17-8-2)9-10-15-18-11-13(3,4)14(5,6)19-15/h9-10,12H,7-8,11H2,1-6H3/b10-9+. The van der Waals surface area contributed by atoms with Gasteiger partial charge in [0.25, 0.3) is 0 Å². The predicted octanol–water partition coefficient (Wildman–Crippen LogP) is 2.82. The zero-order valence-corrected chi connectivity index (χ0v) is 13.1. The summed E-state index contributed by atoms with van der Waals surface area (Å²) in [5.41, 5.74) is -0.233. The van der Waals surface area contributed by atoms with Gasteiger partial charge in [0, 0.05) is 25.2 Å². The molecule has 0 bridgehead atoms. The van der Waals surface area contributed by atoms with E-state index in [-0.39, 0.29) is 24.4 Å². The summed E-state index contributed by atoms with van der Waals surface area (Å²) in [7, 11) is -0.341. The molecule has 1 saturated heterocycles. The lowest BCUT2D eigenvalue weighted by molar-refractivity contribution is -0.105. The first-order chi connectivity index (χ1) is 8.82. The number of hydrogen-bond acceptors (Lipinski definition) is 4. The zero-order valence-electron chi connectivity index (χ0n) is 13.1. The molecule has 0 spiro atoms. The Morgan fingerprint density at radius 2 is 1.74 bits per heavy atom. The van der Waals surface area contributed by atoms with Gasteiger partial charge in [-0.25, -0.2) is 0 Å². The van der Waals surface area contributed by atoms with Crippen LogP contribution < -0.4 is 0 Å². The van der Waals surface area contributed by atoms with Crippen molar-refractivity contribution in [3.8, 4) is 0 Å². The Balaban J connectivity index is 2.58. The highest BCUT2D eigenvalue weighted by Gasteiger charge is 2.45. The average molecular weight is 270 g/mol. The van der Waals surface area contributed by atoms with Crippen LogP contribution in [-0.2, 0) is 18.8 Å². The second-order valence-electron chi connectivity index (χ2n) is 5.86. The average Bonchev–Trinajstić information content (AvgIpc) is 2.31. The molecule has 1 fully saturated rings. The Hall–Kier alpha value is -0.355. The normalized spacial score (nSPS) is 22.4. The van der Waals surface area contributed by atoms with E-state index >= 15 is 0 Å². The Morgan fingerprint density at radius 3 is 2.21 bits per heavy atom. The van der Waals surface area contributed by atoms with Gasteiger partial charge in [-0.15, -0.1) is 0 Å². The summed E-state index contributed by atoms with van der Waals surface area (Å²) in [6.07, 6.45) is 1.52. The third-order valence-electron chi connectivity index (χ3n) is 3.74. The fourth-order valence-electron chi connectivity index (χ4n) is 1.71. The second-order valence-corrected chi connectivity index (χ2v) is 5.86. The van der Waals surface area contributed by atoms with Crippen molar-refractivity contribution in [2.45, 2.75) is 53.4 Å². The maximum absolute atomic E-state index is 5.98. The van der Waals surface area contributed by atoms with Gasteiger partial charge in [0.2, 0.25) is 0 Å². The summed E-state index contributed by atoms with van der Waals surface area (Å²) >= 11 is 0. The van der Waals surface area contributed by atoms with E-state index in [1.807, 2.05) is 25.9 Å². The van der Waals surface area contributed by atoms with Crippen molar-refractivity contribution in [3.05, 3.63) is 12.1 Å². The van der Waals surface area contributed by atoms with Gasteiger partial charge in [0.1, 0.15) is 0 Å². The van der Waals surface area contributed by atoms with Crippen molar-refractivity contribution in [2.75, 3.05) is 19.8 Å². The molecule has 0 aromatic heterocycles. The number of hydrogen-bond donors (Lipinski definition) is 0. The molecule has 5 heteroatoms. The van der Waals surface area contributed by atoms with Crippen LogP contribution in [0.4, 0.5) is 0 Å². The molecule has 0 saturated carbocycles. The monoisotopic (exact) mass is 270 g/mol. The molecule has 0 aliphatic carbocycles. The van der Waals surface area contributed by atoms with Gasteiger partial charge in [-0.2, -0.15) is 0 Å². The Labute approximate surface area is 117 Å². The third kappa shape index (κ3) is 4.60. The van der Waals surface area contributed by atoms with E-state index in [0.29, 0.717) is 19.8 Å². The first-order valence-corrected chi connectivity index (χ1v) is 7.03. The molecular weight excluding hydrogens is 243 g/mol. The van der Waals surface area contributed by atoms with E-state index in [4.69, 9.17) is 18.8 Å². The van der Waals surface area contributed by atoms with Crippen LogP contribution >= 0.6 is 0 Å². The van der Waals surface area contributed by atoms with E-state index in [0.717, 1.165) is 0 Å². The molecular formula is C14H27BO4. The van der Waals surface area contributed by atoms with Gasteiger partial charge in [-0.05, 0) is 33.8 Å². The van der Waals surface area contributed by atoms with Gasteiger partial charge in [-0.3, -0.25) is 0 Å². The van der Waals surface area contributed by atoms with Gasteiger partial charge in [-0.1, -0.05) is 19.8 Å². The molecule has 110 valence electrons. The van der Waals surface area contributed by atoms with E-state index in [9.17, 15) is 0 Å². The van der Waals surface area contributed by atoms with Crippen molar-refractivity contribution in [2.24, 2.45) is 5.41 Å². The van der Waals surface area contributed by atoms with E-state index in [2.05, 4.69) is 27.7 Å². The van der Waals surface area contributed by atoms with Crippen LogP contribution in [0.15, 0.2) is 12.1 Å². The molecule has 0 unspecified atom stereocenters. The lowest BCUT2D eigenvalue weighted by Gasteiger charge is -2.47. The van der Waals surface area contributed by atoms with Crippen LogP contribution in [0.5, 0.6) is 0 Å². The minimum absolute atomic E-state index is 0.00339. The first kappa shape index (κ1) is 16.7. The van der Waals surface area contributed by atoms with Crippen LogP contribution in [0.1, 0.15) is 41.5 Å². The Bertz CT molecular complexity index is 296. The molecule has 0 radical (unpaired) electrons. The maximum atomic E-state index is 5.98. The van der Waals surface area contributed by atoms with Gasteiger partial charge in [0.05, 0.1) is 5.60 Å². The molecule has 1 aliphatic heterocycles.